The van der Waals surface area contributed by atoms with Crippen molar-refractivity contribution in [2.75, 3.05) is 62.3 Å². The predicted molar refractivity (Wildman–Crippen MR) is 552 cm³/mol. The van der Waals surface area contributed by atoms with E-state index >= 15 is 0 Å². The molecule has 2 atom stereocenters. The third-order valence-corrected chi connectivity index (χ3v) is 31.4. The Balaban J connectivity index is 0.000000297. The van der Waals surface area contributed by atoms with E-state index in [2.05, 4.69) is 195 Å². The van der Waals surface area contributed by atoms with Gasteiger partial charge in [-0.3, -0.25) is 19.2 Å². The van der Waals surface area contributed by atoms with Gasteiger partial charge in [0.2, 0.25) is 0 Å². The van der Waals surface area contributed by atoms with Gasteiger partial charge in [-0.1, -0.05) is 258 Å². The van der Waals surface area contributed by atoms with Gasteiger partial charge in [0.25, 0.3) is 23.2 Å². The number of esters is 1. The number of nitrogens with zero attached hydrogens (tertiary/aromatic N) is 12. The van der Waals surface area contributed by atoms with Crippen LogP contribution in [0.15, 0.2) is 167 Å². The molecule has 0 fully saturated rings. The van der Waals surface area contributed by atoms with Crippen LogP contribution in [0.2, 0.25) is 18.1 Å². The number of carboxylic acids is 1. The Bertz CT molecular complexity index is 5540. The van der Waals surface area contributed by atoms with Crippen LogP contribution < -0.4 is 9.80 Å². The maximum absolute atomic E-state index is 13.9. The first-order chi connectivity index (χ1) is 64.9. The third kappa shape index (κ3) is 31.2. The van der Waals surface area contributed by atoms with E-state index in [1.807, 2.05) is 66.7 Å². The lowest BCUT2D eigenvalue weighted by atomic mass is 9.97. The normalized spacial score (nSPS) is 13.9. The van der Waals surface area contributed by atoms with E-state index in [1.165, 1.54) is 85.5 Å². The van der Waals surface area contributed by atoms with E-state index in [-0.39, 0.29) is 96.5 Å². The van der Waals surface area contributed by atoms with Crippen molar-refractivity contribution in [1.29, 1.82) is 21.0 Å². The van der Waals surface area contributed by atoms with Gasteiger partial charge in [0.1, 0.15) is 18.7 Å². The van der Waals surface area contributed by atoms with Gasteiger partial charge in [0.05, 0.1) is 65.6 Å². The first kappa shape index (κ1) is 110. The van der Waals surface area contributed by atoms with Crippen molar-refractivity contribution in [3.63, 3.8) is 0 Å². The zero-order valence-corrected chi connectivity index (χ0v) is 83.1. The second-order valence-corrected chi connectivity index (χ2v) is 42.3. The molecular weight excluding hydrogens is 1700 g/mol. The monoisotopic (exact) mass is 1850 g/mol. The molecule has 2 aliphatic rings. The SMILES string of the molecule is C.CC(C)(C)[Si](C)(C)OCCCCCCn1c2ccccc2c2cc(CO)ccc21.[C-]#[N+]/C(C#N)=C1/C(C#N)=C(c2ccc(N(CCCCCC(=O)OCc3ccc4c(c3)c3ccccc3n4CCCCCCO)CC(CC)CCCC)cc2)C(=O)N1CCCCCC.[C-]#[N+]/C(C#N)=C1\C(C#N)=C(c2ccc(N(CCCCCC(=O)O)CC(CC)CCCC)cc2)C(=O)N1CCCCCC. The van der Waals surface area contributed by atoms with E-state index in [0.29, 0.717) is 53.9 Å². The second kappa shape index (κ2) is 58.0. The van der Waals surface area contributed by atoms with Crippen LogP contribution in [0, 0.1) is 70.3 Å². The number of aliphatic hydroxyl groups is 2. The summed E-state index contributed by atoms with van der Waals surface area (Å²) in [6.45, 7) is 47.3. The molecule has 3 N–H and O–H groups in total. The molecule has 0 spiro atoms. The number of fused-ring (bicyclic) bond motifs is 6. The van der Waals surface area contributed by atoms with Crippen LogP contribution in [-0.2, 0) is 54.6 Å². The van der Waals surface area contributed by atoms with E-state index in [9.17, 15) is 45.3 Å². The van der Waals surface area contributed by atoms with Crippen molar-refractivity contribution in [3.05, 3.63) is 212 Å². The molecule has 22 heteroatoms. The average Bonchev–Trinajstić information content (AvgIpc) is 1.63. The van der Waals surface area contributed by atoms with Crippen molar-refractivity contribution >= 4 is 98.2 Å². The molecule has 0 radical (unpaired) electrons. The van der Waals surface area contributed by atoms with Crippen molar-refractivity contribution in [2.24, 2.45) is 11.8 Å². The molecule has 722 valence electrons. The first-order valence-corrected chi connectivity index (χ1v) is 52.8. The number of rotatable bonds is 55. The molecule has 2 amide bonds. The van der Waals surface area contributed by atoms with Crippen LogP contribution in [0.1, 0.15) is 297 Å². The van der Waals surface area contributed by atoms with E-state index < -0.39 is 14.3 Å². The van der Waals surface area contributed by atoms with Gasteiger partial charge in [-0.25, -0.2) is 20.2 Å². The second-order valence-electron chi connectivity index (χ2n) is 37.5. The average molecular weight is 1850 g/mol. The van der Waals surface area contributed by atoms with Gasteiger partial charge >= 0.3 is 11.9 Å². The van der Waals surface area contributed by atoms with Gasteiger partial charge < -0.3 is 53.2 Å². The summed E-state index contributed by atoms with van der Waals surface area (Å²) in [4.78, 5) is 65.8. The number of aromatic nitrogens is 2. The first-order valence-electron chi connectivity index (χ1n) is 49.8. The third-order valence-electron chi connectivity index (χ3n) is 26.8. The number of para-hydroxylation sites is 2. The standard InChI is InChI=1S/C53H66N6O4.C34H45N5O3.C25H37NO2Si.CH4/c1-5-8-10-18-33-59-52(47(37-55)56-4)46(36-54)51(53(59)62)42-26-28-43(29-27-42)57(38-40(7-3)21-9-6-2)31-17-13-14-24-50(61)63-39-41-25-30-49-45(35-41)44-22-15-16-23-48(44)58(49)32-19-11-12-20-34-60;1-5-8-10-14-22-39-33(30(24-36)37-4)29(23-35)32(34(39)42)27-17-19-28(20-18-27)38(21-13-11-12-16-31(40)41)25-26(7-3)15-9-6-2;1-25(2,3)29(4,5)28-17-11-7-6-10-16-26-23-13-9-8-12-21(23)22-18-20(19-27)14-15-24(22)26;/h15-16,22-23,25-30,35,40,60H,5-14,17-21,24,31-34,38-39H2,1-3H3;17-20,26H,5-16,21-22,25H2,1-3H3,(H,40,41);8-9,12-15,18,27H,6-7,10-11,16-17,19H2,1-5H3;1H4/b52-47-;33-30+;;. The molecule has 135 heavy (non-hydrogen) atoms. The van der Waals surface area contributed by atoms with Gasteiger partial charge in [0.15, 0.2) is 8.32 Å². The molecule has 2 unspecified atom stereocenters. The number of benzene rings is 6. The molecule has 4 heterocycles. The smallest absolute Gasteiger partial charge is 0.306 e. The van der Waals surface area contributed by atoms with Crippen LogP contribution in [-0.4, -0.2) is 119 Å². The number of aliphatic carboxylic acids is 1. The molecule has 21 nitrogen and oxygen atoms in total. The van der Waals surface area contributed by atoms with E-state index in [0.717, 1.165) is 222 Å². The maximum Gasteiger partial charge on any atom is 0.306 e. The van der Waals surface area contributed by atoms with E-state index in [4.69, 9.17) is 32.5 Å². The number of carboxylic acid groups (broad SMARTS) is 1. The lowest BCUT2D eigenvalue weighted by molar-refractivity contribution is -0.145. The minimum Gasteiger partial charge on any atom is -0.481 e. The quantitative estimate of drug-likeness (QED) is 0.0105. The van der Waals surface area contributed by atoms with Gasteiger partial charge in [0, 0.05) is 133 Å². The summed E-state index contributed by atoms with van der Waals surface area (Å²) in [5.41, 5.74) is 10.5. The zero-order valence-electron chi connectivity index (χ0n) is 82.1. The Morgan fingerprint density at radius 1 is 0.481 bits per heavy atom. The fourth-order valence-corrected chi connectivity index (χ4v) is 19.0. The summed E-state index contributed by atoms with van der Waals surface area (Å²) in [7, 11) is -1.61. The number of allylic oxidation sites excluding steroid dienone is 4. The molecule has 2 aromatic heterocycles. The molecule has 10 rings (SSSR count). The van der Waals surface area contributed by atoms with Crippen molar-refractivity contribution in [2.45, 2.75) is 320 Å². The van der Waals surface area contributed by atoms with Crippen molar-refractivity contribution in [1.82, 2.24) is 18.9 Å². The summed E-state index contributed by atoms with van der Waals surface area (Å²) in [5, 5.41) is 72.6. The Hall–Kier alpha value is -11.6. The molecule has 0 saturated heterocycles. The van der Waals surface area contributed by atoms with E-state index in [1.54, 1.807) is 0 Å². The van der Waals surface area contributed by atoms with Crippen LogP contribution in [0.4, 0.5) is 11.4 Å². The fraction of sp³-hybridized carbons (Fsp3) is 0.522. The number of aliphatic hydroxyl groups excluding tert-OH is 2. The summed E-state index contributed by atoms with van der Waals surface area (Å²) in [6, 6.07) is 53.3. The molecule has 6 aromatic carbocycles. The summed E-state index contributed by atoms with van der Waals surface area (Å²) in [5.74, 6) is -0.583. The predicted octanol–water partition coefficient (Wildman–Crippen LogP) is 27.2. The lowest BCUT2D eigenvalue weighted by Crippen LogP contribution is -2.40. The minimum absolute atomic E-state index is 0. The van der Waals surface area contributed by atoms with Crippen LogP contribution >= 0.6 is 0 Å². The number of carbonyl (C=O) groups is 4. The number of carbonyl (C=O) groups excluding carboxylic acids is 3. The largest absolute Gasteiger partial charge is 0.481 e. The summed E-state index contributed by atoms with van der Waals surface area (Å²) in [6.07, 6.45) is 30.7. The van der Waals surface area contributed by atoms with Gasteiger partial charge in [-0.15, -0.1) is 0 Å². The highest BCUT2D eigenvalue weighted by Gasteiger charge is 2.41. The number of hydrogen-bond donors (Lipinski definition) is 3. The molecule has 2 aliphatic heterocycles. The maximum atomic E-state index is 13.9. The highest BCUT2D eigenvalue weighted by molar-refractivity contribution is 6.74. The highest BCUT2D eigenvalue weighted by Crippen LogP contribution is 2.43. The Morgan fingerprint density at radius 3 is 1.29 bits per heavy atom. The number of aryl methyl sites for hydroxylation is 2. The Morgan fingerprint density at radius 2 is 0.881 bits per heavy atom. The van der Waals surface area contributed by atoms with Gasteiger partial charge in [-0.2, -0.15) is 10.5 Å². The van der Waals surface area contributed by atoms with Crippen LogP contribution in [0.5, 0.6) is 0 Å². The van der Waals surface area contributed by atoms with Crippen molar-refractivity contribution < 1.29 is 43.7 Å². The van der Waals surface area contributed by atoms with Gasteiger partial charge in [-0.05, 0) is 190 Å². The molecular formula is C113H152N12O9Si. The molecule has 0 bridgehead atoms. The number of anilines is 2. The Kier molecular flexibility index (Phi) is 47.4. The summed E-state index contributed by atoms with van der Waals surface area (Å²) < 4.78 is 16.9. The molecule has 8 aromatic rings. The van der Waals surface area contributed by atoms with Crippen LogP contribution in [0.3, 0.4) is 0 Å². The highest BCUT2D eigenvalue weighted by atomic mass is 28.4. The van der Waals surface area contributed by atoms with Crippen LogP contribution in [0.25, 0.3) is 64.4 Å². The molecule has 0 saturated carbocycles. The number of amides is 2. The zero-order chi connectivity index (χ0) is 97.0. The number of ether oxygens (including phenoxy) is 1. The number of hydrogen-bond acceptors (Lipinski definition) is 14. The lowest BCUT2D eigenvalue weighted by Gasteiger charge is -2.36. The van der Waals surface area contributed by atoms with Crippen molar-refractivity contribution in [3.8, 4) is 24.3 Å². The fourth-order valence-electron chi connectivity index (χ4n) is 17.9. The molecule has 0 aliphatic carbocycles. The Labute approximate surface area is 807 Å². The minimum atomic E-state index is -1.61. The topological polar surface area (TPSA) is 274 Å². The summed E-state index contributed by atoms with van der Waals surface area (Å²) >= 11 is 0. The number of nitriles is 4. The number of unbranched alkanes of at least 4 members (excludes halogenated alkanes) is 18.